The second-order valence-electron chi connectivity index (χ2n) is 20.3. The molecule has 3 heterocycles. The van der Waals surface area contributed by atoms with Crippen LogP contribution in [0.3, 0.4) is 0 Å². The fourth-order valence-electron chi connectivity index (χ4n) is 10.5. The Morgan fingerprint density at radius 1 is 0.420 bits per heavy atom. The number of rotatable bonds is 23. The van der Waals surface area contributed by atoms with Crippen LogP contribution < -0.4 is 18.9 Å². The molecular formula is C66H68O15. The molecule has 15 heteroatoms. The van der Waals surface area contributed by atoms with E-state index in [4.69, 9.17) is 66.3 Å². The Balaban J connectivity index is 0.944. The summed E-state index contributed by atoms with van der Waals surface area (Å²) >= 11 is 0. The Kier molecular flexibility index (Phi) is 18.5. The highest BCUT2D eigenvalue weighted by atomic mass is 16.8. The Hall–Kier alpha value is -6.96. The molecule has 422 valence electrons. The number of aliphatic hydroxyl groups excluding tert-OH is 1. The minimum absolute atomic E-state index is 0.0273. The summed E-state index contributed by atoms with van der Waals surface area (Å²) < 4.78 is 90.8. The van der Waals surface area contributed by atoms with Crippen LogP contribution in [-0.4, -0.2) is 108 Å². The normalized spacial score (nSPS) is 24.6. The van der Waals surface area contributed by atoms with E-state index in [1.54, 1.807) is 28.4 Å². The summed E-state index contributed by atoms with van der Waals surface area (Å²) in [7, 11) is 6.50. The highest BCUT2D eigenvalue weighted by molar-refractivity contribution is 5.83. The molecule has 0 aromatic heterocycles. The Bertz CT molecular complexity index is 3240. The van der Waals surface area contributed by atoms with Crippen LogP contribution >= 0.6 is 0 Å². The predicted octanol–water partition coefficient (Wildman–Crippen LogP) is 10.8. The van der Waals surface area contributed by atoms with Gasteiger partial charge in [0, 0.05) is 5.56 Å². The number of aliphatic hydroxyl groups is 1. The number of fused-ring (bicyclic) bond motifs is 3. The van der Waals surface area contributed by atoms with Crippen LogP contribution in [0.15, 0.2) is 182 Å². The molecule has 11 rings (SSSR count). The molecule has 0 aliphatic carbocycles. The first kappa shape index (κ1) is 55.9. The molecule has 81 heavy (non-hydrogen) atoms. The van der Waals surface area contributed by atoms with Gasteiger partial charge < -0.3 is 71.4 Å². The molecule has 15 nitrogen and oxygen atoms in total. The maximum absolute atomic E-state index is 12.5. The molecule has 0 amide bonds. The Morgan fingerprint density at radius 3 is 1.37 bits per heavy atom. The average Bonchev–Trinajstić information content (AvgIpc) is 3.52. The van der Waals surface area contributed by atoms with Crippen molar-refractivity contribution in [2.45, 2.75) is 101 Å². The van der Waals surface area contributed by atoms with Crippen molar-refractivity contribution >= 4 is 21.5 Å². The minimum atomic E-state index is -1.26. The summed E-state index contributed by atoms with van der Waals surface area (Å²) in [5.74, 6) is 2.82. The highest BCUT2D eigenvalue weighted by Gasteiger charge is 2.55. The lowest BCUT2D eigenvalue weighted by atomic mass is 9.96. The second kappa shape index (κ2) is 26.7. The number of benzene rings is 8. The average molecular weight is 1100 g/mol. The van der Waals surface area contributed by atoms with Crippen molar-refractivity contribution in [3.8, 4) is 23.0 Å². The second-order valence-corrected chi connectivity index (χ2v) is 20.3. The van der Waals surface area contributed by atoms with Gasteiger partial charge in [0.25, 0.3) is 0 Å². The number of ether oxygens (including phenoxy) is 14. The maximum Gasteiger partial charge on any atom is 0.190 e. The first-order valence-electron chi connectivity index (χ1n) is 27.2. The summed E-state index contributed by atoms with van der Waals surface area (Å²) in [6.45, 7) is 0.850. The summed E-state index contributed by atoms with van der Waals surface area (Å²) in [4.78, 5) is 0. The van der Waals surface area contributed by atoms with Gasteiger partial charge in [0.15, 0.2) is 18.9 Å². The zero-order valence-electron chi connectivity index (χ0n) is 45.8. The van der Waals surface area contributed by atoms with E-state index in [0.29, 0.717) is 17.2 Å². The van der Waals surface area contributed by atoms with E-state index in [9.17, 15) is 5.11 Å². The van der Waals surface area contributed by atoms with Gasteiger partial charge in [0.1, 0.15) is 71.8 Å². The quantitative estimate of drug-likeness (QED) is 0.0647. The van der Waals surface area contributed by atoms with Crippen molar-refractivity contribution in [1.82, 2.24) is 0 Å². The van der Waals surface area contributed by atoms with Crippen LogP contribution in [0.25, 0.3) is 21.5 Å². The lowest BCUT2D eigenvalue weighted by Gasteiger charge is -2.51. The molecule has 1 N–H and O–H groups in total. The van der Waals surface area contributed by atoms with Crippen LogP contribution in [-0.2, 0) is 80.4 Å². The molecule has 3 aliphatic rings. The van der Waals surface area contributed by atoms with Crippen molar-refractivity contribution in [3.63, 3.8) is 0 Å². The Labute approximate surface area is 471 Å². The fraction of sp³-hybridized carbons (Fsp3) is 0.333. The van der Waals surface area contributed by atoms with Gasteiger partial charge in [-0.1, -0.05) is 121 Å². The largest absolute Gasteiger partial charge is 0.497 e. The molecule has 3 aliphatic heterocycles. The van der Waals surface area contributed by atoms with Crippen molar-refractivity contribution < 1.29 is 71.4 Å². The first-order chi connectivity index (χ1) is 39.8. The van der Waals surface area contributed by atoms with Gasteiger partial charge in [0.2, 0.25) is 0 Å². The van der Waals surface area contributed by atoms with Gasteiger partial charge in [-0.3, -0.25) is 0 Å². The van der Waals surface area contributed by atoms with E-state index in [1.165, 1.54) is 0 Å². The lowest BCUT2D eigenvalue weighted by molar-refractivity contribution is -0.410. The Morgan fingerprint density at radius 2 is 0.852 bits per heavy atom. The smallest absolute Gasteiger partial charge is 0.190 e. The lowest BCUT2D eigenvalue weighted by Crippen LogP contribution is -2.66. The van der Waals surface area contributed by atoms with E-state index >= 15 is 0 Å². The van der Waals surface area contributed by atoms with Crippen LogP contribution in [0, 0.1) is 0 Å². The van der Waals surface area contributed by atoms with Crippen LogP contribution in [0.4, 0.5) is 0 Å². The molecule has 8 aromatic carbocycles. The monoisotopic (exact) mass is 1100 g/mol. The van der Waals surface area contributed by atoms with Crippen LogP contribution in [0.1, 0.15) is 39.7 Å². The molecule has 3 saturated heterocycles. The van der Waals surface area contributed by atoms with E-state index in [-0.39, 0.29) is 46.2 Å². The first-order valence-corrected chi connectivity index (χ1v) is 27.2. The van der Waals surface area contributed by atoms with E-state index in [2.05, 4.69) is 48.5 Å². The van der Waals surface area contributed by atoms with E-state index < -0.39 is 67.7 Å². The van der Waals surface area contributed by atoms with Gasteiger partial charge in [-0.05, 0) is 110 Å². The SMILES string of the molecule is COc1ccc(CO[C@@H]2[C@@H](OCc3ccc(OC)cc3)[C@@H](O[C@H]3O[C@H](COCc4ccc5ccccc5c4)[C@@H](O)[C@H](OCc4ccc(OC)cc4)[C@H]3OCc3ccc(OC)cc3)O[C@@H]3CO[C@@H](c4ccc5ccccc5c4)O[C@@H]23)cc1. The van der Waals surface area contributed by atoms with Gasteiger partial charge >= 0.3 is 0 Å². The fourth-order valence-corrected chi connectivity index (χ4v) is 10.5. The molecule has 0 radical (unpaired) electrons. The van der Waals surface area contributed by atoms with Crippen LogP contribution in [0.2, 0.25) is 0 Å². The van der Waals surface area contributed by atoms with E-state index in [1.807, 2.05) is 133 Å². The molecule has 0 spiro atoms. The third-order valence-electron chi connectivity index (χ3n) is 15.0. The highest BCUT2D eigenvalue weighted by Crippen LogP contribution is 2.40. The summed E-state index contributed by atoms with van der Waals surface area (Å²) in [6, 6.07) is 59.2. The van der Waals surface area contributed by atoms with E-state index in [0.717, 1.165) is 60.7 Å². The zero-order chi connectivity index (χ0) is 55.5. The van der Waals surface area contributed by atoms with Crippen LogP contribution in [0.5, 0.6) is 23.0 Å². The number of hydrogen-bond acceptors (Lipinski definition) is 15. The molecule has 0 bridgehead atoms. The van der Waals surface area contributed by atoms with Crippen molar-refractivity contribution in [3.05, 3.63) is 215 Å². The molecule has 0 saturated carbocycles. The predicted molar refractivity (Wildman–Crippen MR) is 302 cm³/mol. The summed E-state index contributed by atoms with van der Waals surface area (Å²) in [5.41, 5.74) is 5.23. The number of methoxy groups -OCH3 is 4. The molecule has 0 unspecified atom stereocenters. The zero-order valence-corrected chi connectivity index (χ0v) is 45.8. The van der Waals surface area contributed by atoms with Gasteiger partial charge in [0.05, 0.1) is 74.7 Å². The molecule has 3 fully saturated rings. The molecular weight excluding hydrogens is 1030 g/mol. The van der Waals surface area contributed by atoms with Gasteiger partial charge in [-0.25, -0.2) is 0 Å². The third kappa shape index (κ3) is 13.7. The van der Waals surface area contributed by atoms with Gasteiger partial charge in [-0.2, -0.15) is 0 Å². The summed E-state index contributed by atoms with van der Waals surface area (Å²) in [5, 5.41) is 16.9. The van der Waals surface area contributed by atoms with Gasteiger partial charge in [-0.15, -0.1) is 0 Å². The van der Waals surface area contributed by atoms with Crippen molar-refractivity contribution in [2.75, 3.05) is 41.7 Å². The molecule has 11 atom stereocenters. The standard InChI is InChI=1S/C66H68O15/c1-68-52-25-14-42(15-26-52)36-73-60-58(67)56(40-72-35-46-13-22-47-9-5-7-11-49(47)33-46)78-65(62(60)75-38-44-18-29-54(70-3)30-19-44)81-66-63(76-39-45-20-31-55(71-4)32-21-45)61(74-37-43-16-27-53(69-2)28-17-43)59-57(79-66)41-77-64(80-59)51-24-23-48-10-6-8-12-50(48)34-51/h5-34,56-67H,35-41H2,1-4H3/t56-,57-,58-,59-,60+,61+,62-,63-,64-,65-,66-/m1/s1. The molecule has 8 aromatic rings. The topological polar surface area (TPSA) is 149 Å². The van der Waals surface area contributed by atoms with Crippen molar-refractivity contribution in [2.24, 2.45) is 0 Å². The minimum Gasteiger partial charge on any atom is -0.497 e. The van der Waals surface area contributed by atoms with Crippen molar-refractivity contribution in [1.29, 1.82) is 0 Å². The third-order valence-corrected chi connectivity index (χ3v) is 15.0. The maximum atomic E-state index is 12.5. The summed E-state index contributed by atoms with van der Waals surface area (Å²) in [6.07, 6.45) is -10.8. The number of hydrogen-bond donors (Lipinski definition) is 1.